The van der Waals surface area contributed by atoms with Gasteiger partial charge in [0.05, 0.1) is 6.04 Å². The van der Waals surface area contributed by atoms with Crippen LogP contribution in [0, 0.1) is 12.7 Å². The second kappa shape index (κ2) is 5.51. The van der Waals surface area contributed by atoms with Gasteiger partial charge in [-0.3, -0.25) is 0 Å². The quantitative estimate of drug-likeness (QED) is 0.879. The van der Waals surface area contributed by atoms with Crippen LogP contribution in [0.3, 0.4) is 0 Å². The monoisotopic (exact) mass is 263 g/mol. The Labute approximate surface area is 112 Å². The zero-order valence-electron chi connectivity index (χ0n) is 10.4. The van der Waals surface area contributed by atoms with Crippen LogP contribution in [-0.2, 0) is 0 Å². The van der Waals surface area contributed by atoms with Crippen LogP contribution in [0.4, 0.5) is 4.39 Å². The number of nitrogens with one attached hydrogen (secondary N) is 1. The molecule has 0 bridgehead atoms. The van der Waals surface area contributed by atoms with E-state index in [2.05, 4.69) is 5.32 Å². The summed E-state index contributed by atoms with van der Waals surface area (Å²) in [5, 5.41) is 3.66. The molecule has 2 rings (SSSR count). The summed E-state index contributed by atoms with van der Waals surface area (Å²) >= 11 is 6.14. The van der Waals surface area contributed by atoms with Gasteiger partial charge in [0.15, 0.2) is 0 Å². The van der Waals surface area contributed by atoms with Gasteiger partial charge in [-0.25, -0.2) is 4.39 Å². The maximum atomic E-state index is 13.4. The van der Waals surface area contributed by atoms with Gasteiger partial charge in [-0.2, -0.15) is 0 Å². The number of aryl methyl sites for hydroxylation is 1. The third-order valence-electron chi connectivity index (χ3n) is 3.01. The van der Waals surface area contributed by atoms with E-state index in [0.29, 0.717) is 10.6 Å². The Morgan fingerprint density at radius 2 is 1.83 bits per heavy atom. The van der Waals surface area contributed by atoms with Crippen molar-refractivity contribution in [3.8, 4) is 0 Å². The minimum atomic E-state index is -0.272. The standard InChI is InChI=1S/C15H15ClFN/c1-10-8-12(13(16)9-14(10)17)15(18-2)11-6-4-3-5-7-11/h3-9,15,18H,1-2H3. The largest absolute Gasteiger partial charge is 0.309 e. The molecular formula is C15H15ClFN. The average Bonchev–Trinajstić information content (AvgIpc) is 2.38. The van der Waals surface area contributed by atoms with Crippen LogP contribution in [0.5, 0.6) is 0 Å². The number of hydrogen-bond donors (Lipinski definition) is 1. The fourth-order valence-corrected chi connectivity index (χ4v) is 2.31. The Morgan fingerprint density at radius 3 is 2.44 bits per heavy atom. The highest BCUT2D eigenvalue weighted by molar-refractivity contribution is 6.31. The molecule has 0 heterocycles. The van der Waals surface area contributed by atoms with Crippen molar-refractivity contribution in [3.63, 3.8) is 0 Å². The van der Waals surface area contributed by atoms with E-state index >= 15 is 0 Å². The van der Waals surface area contributed by atoms with Gasteiger partial charge < -0.3 is 5.32 Å². The SMILES string of the molecule is CNC(c1ccccc1)c1cc(C)c(F)cc1Cl. The first-order valence-corrected chi connectivity index (χ1v) is 6.19. The molecule has 0 spiro atoms. The Hall–Kier alpha value is -1.38. The molecule has 0 amide bonds. The molecule has 0 aliphatic heterocycles. The molecule has 2 aromatic carbocycles. The molecule has 1 atom stereocenters. The van der Waals surface area contributed by atoms with Crippen LogP contribution in [-0.4, -0.2) is 7.05 Å². The van der Waals surface area contributed by atoms with Crippen LogP contribution in [0.15, 0.2) is 42.5 Å². The minimum absolute atomic E-state index is 0.0296. The first-order chi connectivity index (χ1) is 8.63. The first-order valence-electron chi connectivity index (χ1n) is 5.81. The van der Waals surface area contributed by atoms with Crippen molar-refractivity contribution in [2.45, 2.75) is 13.0 Å². The van der Waals surface area contributed by atoms with E-state index in [1.807, 2.05) is 37.4 Å². The van der Waals surface area contributed by atoms with E-state index in [4.69, 9.17) is 11.6 Å². The van der Waals surface area contributed by atoms with Crippen LogP contribution in [0.2, 0.25) is 5.02 Å². The lowest BCUT2D eigenvalue weighted by atomic mass is 9.97. The molecule has 1 N–H and O–H groups in total. The number of hydrogen-bond acceptors (Lipinski definition) is 1. The maximum absolute atomic E-state index is 13.4. The zero-order chi connectivity index (χ0) is 13.1. The van der Waals surface area contributed by atoms with E-state index < -0.39 is 0 Å². The van der Waals surface area contributed by atoms with E-state index in [0.717, 1.165) is 11.1 Å². The van der Waals surface area contributed by atoms with E-state index in [1.165, 1.54) is 6.07 Å². The molecule has 0 aromatic heterocycles. The van der Waals surface area contributed by atoms with Gasteiger partial charge in [-0.1, -0.05) is 41.9 Å². The molecule has 3 heteroatoms. The smallest absolute Gasteiger partial charge is 0.127 e. The molecular weight excluding hydrogens is 249 g/mol. The van der Waals surface area contributed by atoms with Crippen molar-refractivity contribution in [2.75, 3.05) is 7.05 Å². The Kier molecular flexibility index (Phi) is 4.00. The highest BCUT2D eigenvalue weighted by Gasteiger charge is 2.16. The second-order valence-electron chi connectivity index (χ2n) is 4.26. The number of halogens is 2. The summed E-state index contributed by atoms with van der Waals surface area (Å²) in [4.78, 5) is 0. The molecule has 1 nitrogen and oxygen atoms in total. The van der Waals surface area contributed by atoms with Crippen molar-refractivity contribution in [1.82, 2.24) is 5.32 Å². The van der Waals surface area contributed by atoms with Gasteiger partial charge in [0, 0.05) is 5.02 Å². The molecule has 0 saturated heterocycles. The third kappa shape index (κ3) is 2.55. The molecule has 0 aliphatic carbocycles. The van der Waals surface area contributed by atoms with Crippen LogP contribution in [0.25, 0.3) is 0 Å². The predicted octanol–water partition coefficient (Wildman–Crippen LogP) is 4.10. The van der Waals surface area contributed by atoms with Crippen molar-refractivity contribution < 1.29 is 4.39 Å². The van der Waals surface area contributed by atoms with Gasteiger partial charge in [-0.05, 0) is 42.8 Å². The topological polar surface area (TPSA) is 12.0 Å². The van der Waals surface area contributed by atoms with Crippen molar-refractivity contribution >= 4 is 11.6 Å². The van der Waals surface area contributed by atoms with Gasteiger partial charge in [0.25, 0.3) is 0 Å². The predicted molar refractivity (Wildman–Crippen MR) is 73.5 cm³/mol. The van der Waals surface area contributed by atoms with Crippen LogP contribution >= 0.6 is 11.6 Å². The summed E-state index contributed by atoms with van der Waals surface area (Å²) < 4.78 is 13.4. The molecule has 0 saturated carbocycles. The zero-order valence-corrected chi connectivity index (χ0v) is 11.1. The van der Waals surface area contributed by atoms with Gasteiger partial charge in [0.1, 0.15) is 5.82 Å². The molecule has 2 aromatic rings. The number of benzene rings is 2. The average molecular weight is 264 g/mol. The minimum Gasteiger partial charge on any atom is -0.309 e. The summed E-state index contributed by atoms with van der Waals surface area (Å²) in [6.45, 7) is 1.74. The number of rotatable bonds is 3. The Morgan fingerprint density at radius 1 is 1.17 bits per heavy atom. The summed E-state index contributed by atoms with van der Waals surface area (Å²) in [6, 6.07) is 13.1. The molecule has 0 fully saturated rings. The Bertz CT molecular complexity index is 540. The molecule has 18 heavy (non-hydrogen) atoms. The molecule has 1 unspecified atom stereocenters. The van der Waals surface area contributed by atoms with E-state index in [-0.39, 0.29) is 11.9 Å². The Balaban J connectivity index is 2.49. The van der Waals surface area contributed by atoms with Gasteiger partial charge in [0.2, 0.25) is 0 Å². The summed E-state index contributed by atoms with van der Waals surface area (Å²) in [5.41, 5.74) is 2.60. The summed E-state index contributed by atoms with van der Waals surface area (Å²) in [5.74, 6) is -0.272. The van der Waals surface area contributed by atoms with E-state index in [9.17, 15) is 4.39 Å². The first kappa shape index (κ1) is 13.1. The normalized spacial score (nSPS) is 12.4. The van der Waals surface area contributed by atoms with E-state index in [1.54, 1.807) is 13.0 Å². The highest BCUT2D eigenvalue weighted by Crippen LogP contribution is 2.30. The summed E-state index contributed by atoms with van der Waals surface area (Å²) in [7, 11) is 1.87. The molecule has 94 valence electrons. The third-order valence-corrected chi connectivity index (χ3v) is 3.34. The fourth-order valence-electron chi connectivity index (χ4n) is 2.05. The lowest BCUT2D eigenvalue weighted by Crippen LogP contribution is -2.18. The van der Waals surface area contributed by atoms with Gasteiger partial charge >= 0.3 is 0 Å². The lowest BCUT2D eigenvalue weighted by molar-refractivity contribution is 0.614. The van der Waals surface area contributed by atoms with Crippen molar-refractivity contribution in [3.05, 3.63) is 70.0 Å². The summed E-state index contributed by atoms with van der Waals surface area (Å²) in [6.07, 6.45) is 0. The van der Waals surface area contributed by atoms with Crippen LogP contribution in [0.1, 0.15) is 22.7 Å². The van der Waals surface area contributed by atoms with Crippen molar-refractivity contribution in [1.29, 1.82) is 0 Å². The van der Waals surface area contributed by atoms with Gasteiger partial charge in [-0.15, -0.1) is 0 Å². The fraction of sp³-hybridized carbons (Fsp3) is 0.200. The molecule has 0 aliphatic rings. The maximum Gasteiger partial charge on any atom is 0.127 e. The molecule has 0 radical (unpaired) electrons. The lowest BCUT2D eigenvalue weighted by Gasteiger charge is -2.19. The van der Waals surface area contributed by atoms with Crippen molar-refractivity contribution in [2.24, 2.45) is 0 Å². The second-order valence-corrected chi connectivity index (χ2v) is 4.66. The highest BCUT2D eigenvalue weighted by atomic mass is 35.5. The van der Waals surface area contributed by atoms with Crippen LogP contribution < -0.4 is 5.32 Å².